The van der Waals surface area contributed by atoms with Gasteiger partial charge in [0, 0.05) is 38.3 Å². The van der Waals surface area contributed by atoms with Gasteiger partial charge in [0.15, 0.2) is 5.96 Å². The number of alkyl halides is 3. The Bertz CT molecular complexity index is 654. The van der Waals surface area contributed by atoms with Gasteiger partial charge in [0.05, 0.1) is 5.56 Å². The maximum atomic E-state index is 13.1. The fourth-order valence-electron chi connectivity index (χ4n) is 3.50. The quantitative estimate of drug-likeness (QED) is 0.632. The highest BCUT2D eigenvalue weighted by atomic mass is 19.4. The zero-order valence-corrected chi connectivity index (χ0v) is 15.2. The summed E-state index contributed by atoms with van der Waals surface area (Å²) < 4.78 is 44.9. The summed E-state index contributed by atoms with van der Waals surface area (Å²) in [5.74, 6) is 1.34. The van der Waals surface area contributed by atoms with Gasteiger partial charge in [-0.15, -0.1) is 0 Å². The number of benzene rings is 1. The van der Waals surface area contributed by atoms with Gasteiger partial charge in [0.25, 0.3) is 0 Å². The topological polar surface area (TPSA) is 45.7 Å². The lowest BCUT2D eigenvalue weighted by Gasteiger charge is -2.38. The molecule has 0 amide bonds. The zero-order valence-electron chi connectivity index (χ0n) is 15.2. The lowest BCUT2D eigenvalue weighted by molar-refractivity contribution is -0.137. The first-order valence-corrected chi connectivity index (χ1v) is 9.07. The van der Waals surface area contributed by atoms with Crippen molar-refractivity contribution in [3.8, 4) is 0 Å². The van der Waals surface area contributed by atoms with E-state index in [4.69, 9.17) is 4.74 Å². The van der Waals surface area contributed by atoms with E-state index in [0.29, 0.717) is 56.1 Å². The van der Waals surface area contributed by atoms with Gasteiger partial charge < -0.3 is 15.4 Å². The molecule has 2 unspecified atom stereocenters. The lowest BCUT2D eigenvalue weighted by atomic mass is 9.73. The SMILES string of the molecule is CN=C(NCC1(c2cccc(C(F)(F)F)c2)CCOCC1)NC1CC1C. The van der Waals surface area contributed by atoms with E-state index in [1.54, 1.807) is 13.1 Å². The summed E-state index contributed by atoms with van der Waals surface area (Å²) in [6.07, 6.45) is -1.86. The molecule has 0 spiro atoms. The molecule has 1 saturated carbocycles. The number of guanidine groups is 1. The highest BCUT2D eigenvalue weighted by Crippen LogP contribution is 2.38. The molecule has 7 heteroatoms. The summed E-state index contributed by atoms with van der Waals surface area (Å²) in [5.41, 5.74) is -0.291. The van der Waals surface area contributed by atoms with Crippen LogP contribution in [0.3, 0.4) is 0 Å². The van der Waals surface area contributed by atoms with Crippen molar-refractivity contribution in [1.82, 2.24) is 10.6 Å². The number of aliphatic imine (C=N–C) groups is 1. The van der Waals surface area contributed by atoms with Crippen molar-refractivity contribution in [3.05, 3.63) is 35.4 Å². The molecule has 144 valence electrons. The molecule has 4 nitrogen and oxygen atoms in total. The van der Waals surface area contributed by atoms with Crippen molar-refractivity contribution in [2.45, 2.75) is 43.8 Å². The van der Waals surface area contributed by atoms with Crippen molar-refractivity contribution >= 4 is 5.96 Å². The van der Waals surface area contributed by atoms with E-state index in [1.807, 2.05) is 0 Å². The van der Waals surface area contributed by atoms with E-state index in [-0.39, 0.29) is 0 Å². The fraction of sp³-hybridized carbons (Fsp3) is 0.632. The van der Waals surface area contributed by atoms with Crippen LogP contribution in [0.5, 0.6) is 0 Å². The number of hydrogen-bond acceptors (Lipinski definition) is 2. The molecule has 1 aromatic carbocycles. The second-order valence-electron chi connectivity index (χ2n) is 7.36. The summed E-state index contributed by atoms with van der Waals surface area (Å²) in [4.78, 5) is 4.25. The smallest absolute Gasteiger partial charge is 0.381 e. The standard InChI is InChI=1S/C19H26F3N3O/c1-13-10-16(13)25-17(23-2)24-12-18(6-8-26-9-7-18)14-4-3-5-15(11-14)19(20,21)22/h3-5,11,13,16H,6-10,12H2,1-2H3,(H2,23,24,25). The second kappa shape index (κ2) is 7.47. The van der Waals surface area contributed by atoms with Gasteiger partial charge in [0.1, 0.15) is 0 Å². The van der Waals surface area contributed by atoms with Crippen LogP contribution in [0.2, 0.25) is 0 Å². The van der Waals surface area contributed by atoms with Crippen LogP contribution in [-0.2, 0) is 16.3 Å². The molecular weight excluding hydrogens is 343 g/mol. The number of hydrogen-bond donors (Lipinski definition) is 2. The highest BCUT2D eigenvalue weighted by Gasteiger charge is 2.38. The Morgan fingerprint density at radius 1 is 1.31 bits per heavy atom. The summed E-state index contributed by atoms with van der Waals surface area (Å²) >= 11 is 0. The molecule has 3 rings (SSSR count). The molecule has 0 bridgehead atoms. The highest BCUT2D eigenvalue weighted by molar-refractivity contribution is 5.80. The Kier molecular flexibility index (Phi) is 5.46. The average molecular weight is 369 g/mol. The van der Waals surface area contributed by atoms with Gasteiger partial charge in [0.2, 0.25) is 0 Å². The van der Waals surface area contributed by atoms with E-state index in [9.17, 15) is 13.2 Å². The van der Waals surface area contributed by atoms with E-state index in [2.05, 4.69) is 22.5 Å². The van der Waals surface area contributed by atoms with E-state index in [0.717, 1.165) is 12.5 Å². The van der Waals surface area contributed by atoms with Crippen molar-refractivity contribution in [2.75, 3.05) is 26.8 Å². The van der Waals surface area contributed by atoms with Crippen LogP contribution < -0.4 is 10.6 Å². The number of nitrogens with one attached hydrogen (secondary N) is 2. The number of halogens is 3. The first kappa shape index (κ1) is 19.0. The van der Waals surface area contributed by atoms with Gasteiger partial charge in [-0.2, -0.15) is 13.2 Å². The van der Waals surface area contributed by atoms with E-state index < -0.39 is 17.2 Å². The van der Waals surface area contributed by atoms with Crippen molar-refractivity contribution in [3.63, 3.8) is 0 Å². The second-order valence-corrected chi connectivity index (χ2v) is 7.36. The molecule has 2 aliphatic rings. The normalized spacial score (nSPS) is 25.7. The molecular formula is C19H26F3N3O. The minimum atomic E-state index is -4.34. The minimum absolute atomic E-state index is 0.397. The summed E-state index contributed by atoms with van der Waals surface area (Å²) in [6.45, 7) is 3.79. The molecule has 2 fully saturated rings. The average Bonchev–Trinajstić information content (AvgIpc) is 3.33. The van der Waals surface area contributed by atoms with Gasteiger partial charge in [-0.05, 0) is 36.8 Å². The minimum Gasteiger partial charge on any atom is -0.381 e. The zero-order chi connectivity index (χ0) is 18.8. The Labute approximate surface area is 152 Å². The summed E-state index contributed by atoms with van der Waals surface area (Å²) in [5, 5.41) is 6.69. The molecule has 1 aromatic rings. The van der Waals surface area contributed by atoms with Crippen LogP contribution >= 0.6 is 0 Å². The third-order valence-corrected chi connectivity index (χ3v) is 5.50. The fourth-order valence-corrected chi connectivity index (χ4v) is 3.50. The number of rotatable bonds is 4. The van der Waals surface area contributed by atoms with Gasteiger partial charge in [-0.1, -0.05) is 25.1 Å². The molecule has 0 aromatic heterocycles. The van der Waals surface area contributed by atoms with Crippen LogP contribution in [0.4, 0.5) is 13.2 Å². The maximum Gasteiger partial charge on any atom is 0.416 e. The first-order valence-electron chi connectivity index (χ1n) is 9.07. The Morgan fingerprint density at radius 3 is 2.58 bits per heavy atom. The molecule has 2 atom stereocenters. The molecule has 1 saturated heterocycles. The summed E-state index contributed by atoms with van der Waals surface area (Å²) in [6, 6.07) is 6.13. The van der Waals surface area contributed by atoms with Gasteiger partial charge >= 0.3 is 6.18 Å². The van der Waals surface area contributed by atoms with Crippen molar-refractivity contribution < 1.29 is 17.9 Å². The molecule has 1 aliphatic heterocycles. The van der Waals surface area contributed by atoms with Gasteiger partial charge in [-0.3, -0.25) is 4.99 Å². The van der Waals surface area contributed by atoms with Crippen molar-refractivity contribution in [2.24, 2.45) is 10.9 Å². The van der Waals surface area contributed by atoms with Crippen LogP contribution in [0, 0.1) is 5.92 Å². The molecule has 2 N–H and O–H groups in total. The predicted octanol–water partition coefficient (Wildman–Crippen LogP) is 3.33. The third-order valence-electron chi connectivity index (χ3n) is 5.50. The predicted molar refractivity (Wildman–Crippen MR) is 95.2 cm³/mol. The summed E-state index contributed by atoms with van der Waals surface area (Å²) in [7, 11) is 1.71. The van der Waals surface area contributed by atoms with Crippen LogP contribution in [-0.4, -0.2) is 38.8 Å². The molecule has 1 aliphatic carbocycles. The van der Waals surface area contributed by atoms with Crippen molar-refractivity contribution in [1.29, 1.82) is 0 Å². The third kappa shape index (κ3) is 4.31. The van der Waals surface area contributed by atoms with Crippen LogP contribution in [0.1, 0.15) is 37.3 Å². The molecule has 26 heavy (non-hydrogen) atoms. The van der Waals surface area contributed by atoms with E-state index >= 15 is 0 Å². The first-order chi connectivity index (χ1) is 12.3. The monoisotopic (exact) mass is 369 g/mol. The maximum absolute atomic E-state index is 13.1. The van der Waals surface area contributed by atoms with Gasteiger partial charge in [-0.25, -0.2) is 0 Å². The Hall–Kier alpha value is -1.76. The van der Waals surface area contributed by atoms with Crippen LogP contribution in [0.25, 0.3) is 0 Å². The largest absolute Gasteiger partial charge is 0.416 e. The number of ether oxygens (including phenoxy) is 1. The molecule has 0 radical (unpaired) electrons. The lowest BCUT2D eigenvalue weighted by Crippen LogP contribution is -2.48. The number of nitrogens with zero attached hydrogens (tertiary/aromatic N) is 1. The Morgan fingerprint density at radius 2 is 2.00 bits per heavy atom. The van der Waals surface area contributed by atoms with Crippen LogP contribution in [0.15, 0.2) is 29.3 Å². The van der Waals surface area contributed by atoms with E-state index in [1.165, 1.54) is 12.1 Å². The Balaban J connectivity index is 1.78. The molecule has 1 heterocycles.